The zero-order chi connectivity index (χ0) is 11.4. The van der Waals surface area contributed by atoms with E-state index in [9.17, 15) is 0 Å². The van der Waals surface area contributed by atoms with E-state index in [1.807, 2.05) is 0 Å². The van der Waals surface area contributed by atoms with Gasteiger partial charge in [-0.1, -0.05) is 37.6 Å². The zero-order valence-corrected chi connectivity index (χ0v) is 10.3. The van der Waals surface area contributed by atoms with Crippen LogP contribution in [0.25, 0.3) is 0 Å². The topological polar surface area (TPSA) is 0 Å². The fourth-order valence-corrected chi connectivity index (χ4v) is 2.76. The summed E-state index contributed by atoms with van der Waals surface area (Å²) in [5, 5.41) is 0. The largest absolute Gasteiger partial charge is 0.103 e. The van der Waals surface area contributed by atoms with Crippen LogP contribution in [0.15, 0.2) is 30.9 Å². The molecule has 0 heteroatoms. The predicted molar refractivity (Wildman–Crippen MR) is 70.8 cm³/mol. The van der Waals surface area contributed by atoms with E-state index in [1.165, 1.54) is 44.1 Å². The highest BCUT2D eigenvalue weighted by Gasteiger charge is 2.17. The maximum absolute atomic E-state index is 3.85. The van der Waals surface area contributed by atoms with Crippen LogP contribution in [0, 0.1) is 5.92 Å². The first-order valence-electron chi connectivity index (χ1n) is 6.55. The Labute approximate surface area is 99.4 Å². The van der Waals surface area contributed by atoms with Crippen molar-refractivity contribution in [1.29, 1.82) is 0 Å². The summed E-state index contributed by atoms with van der Waals surface area (Å²) in [6.45, 7) is 6.10. The Hall–Kier alpha value is -1.04. The number of rotatable bonds is 4. The van der Waals surface area contributed by atoms with Crippen LogP contribution in [0.4, 0.5) is 0 Å². The highest BCUT2D eigenvalue weighted by molar-refractivity contribution is 5.34. The van der Waals surface area contributed by atoms with Crippen LogP contribution in [0.5, 0.6) is 0 Å². The molecule has 0 saturated heterocycles. The van der Waals surface area contributed by atoms with Gasteiger partial charge in [0, 0.05) is 0 Å². The van der Waals surface area contributed by atoms with Crippen LogP contribution < -0.4 is 0 Å². The van der Waals surface area contributed by atoms with Crippen LogP contribution in [-0.2, 0) is 19.3 Å². The molecular weight excluding hydrogens is 192 g/mol. The molecule has 16 heavy (non-hydrogen) atoms. The third-order valence-corrected chi connectivity index (χ3v) is 3.64. The van der Waals surface area contributed by atoms with Gasteiger partial charge in [0.2, 0.25) is 0 Å². The minimum Gasteiger partial charge on any atom is -0.103 e. The first-order valence-corrected chi connectivity index (χ1v) is 6.55. The van der Waals surface area contributed by atoms with Gasteiger partial charge in [-0.3, -0.25) is 0 Å². The fourth-order valence-electron chi connectivity index (χ4n) is 2.76. The Kier molecular flexibility index (Phi) is 3.82. The Morgan fingerprint density at radius 2 is 2.25 bits per heavy atom. The van der Waals surface area contributed by atoms with E-state index in [0.29, 0.717) is 0 Å². The zero-order valence-electron chi connectivity index (χ0n) is 10.3. The Bertz CT molecular complexity index is 362. The van der Waals surface area contributed by atoms with Crippen LogP contribution >= 0.6 is 0 Å². The standard InChI is InChI=1S/C16H22/c1-3-5-13-7-9-16-12-14(6-4-2)8-10-15(16)11-13/h3,8,10,12-13H,1,4-7,9,11H2,2H3. The van der Waals surface area contributed by atoms with Gasteiger partial charge < -0.3 is 0 Å². The molecule has 1 aromatic carbocycles. The lowest BCUT2D eigenvalue weighted by atomic mass is 9.81. The highest BCUT2D eigenvalue weighted by atomic mass is 14.2. The van der Waals surface area contributed by atoms with Gasteiger partial charge in [0.25, 0.3) is 0 Å². The summed E-state index contributed by atoms with van der Waals surface area (Å²) in [4.78, 5) is 0. The minimum absolute atomic E-state index is 0.835. The van der Waals surface area contributed by atoms with E-state index >= 15 is 0 Å². The molecule has 0 heterocycles. The molecule has 0 bridgehead atoms. The number of benzene rings is 1. The van der Waals surface area contributed by atoms with Crippen molar-refractivity contribution in [2.24, 2.45) is 5.92 Å². The van der Waals surface area contributed by atoms with Gasteiger partial charge in [0.1, 0.15) is 0 Å². The van der Waals surface area contributed by atoms with E-state index < -0.39 is 0 Å². The Morgan fingerprint density at radius 3 is 3.00 bits per heavy atom. The molecule has 86 valence electrons. The maximum atomic E-state index is 3.85. The second-order valence-electron chi connectivity index (χ2n) is 4.99. The molecule has 2 rings (SSSR count). The molecule has 1 aromatic rings. The number of aryl methyl sites for hydroxylation is 2. The molecule has 1 unspecified atom stereocenters. The van der Waals surface area contributed by atoms with E-state index in [2.05, 4.69) is 37.8 Å². The maximum Gasteiger partial charge on any atom is -0.0245 e. The van der Waals surface area contributed by atoms with E-state index in [-0.39, 0.29) is 0 Å². The normalized spacial score (nSPS) is 19.2. The van der Waals surface area contributed by atoms with Gasteiger partial charge in [-0.25, -0.2) is 0 Å². The average molecular weight is 214 g/mol. The summed E-state index contributed by atoms with van der Waals surface area (Å²) in [7, 11) is 0. The van der Waals surface area contributed by atoms with Crippen LogP contribution in [0.2, 0.25) is 0 Å². The van der Waals surface area contributed by atoms with Crippen LogP contribution in [-0.4, -0.2) is 0 Å². The summed E-state index contributed by atoms with van der Waals surface area (Å²) < 4.78 is 0. The lowest BCUT2D eigenvalue weighted by molar-refractivity contribution is 0.464. The van der Waals surface area contributed by atoms with Gasteiger partial charge in [-0.05, 0) is 54.7 Å². The molecule has 0 amide bonds. The van der Waals surface area contributed by atoms with Crippen molar-refractivity contribution < 1.29 is 0 Å². The van der Waals surface area contributed by atoms with Gasteiger partial charge in [0.05, 0.1) is 0 Å². The van der Waals surface area contributed by atoms with Crippen molar-refractivity contribution in [3.8, 4) is 0 Å². The molecule has 0 fully saturated rings. The first-order chi connectivity index (χ1) is 7.83. The molecule has 0 spiro atoms. The highest BCUT2D eigenvalue weighted by Crippen LogP contribution is 2.28. The molecule has 0 aromatic heterocycles. The summed E-state index contributed by atoms with van der Waals surface area (Å²) in [6, 6.07) is 7.11. The smallest absolute Gasteiger partial charge is 0.0245 e. The van der Waals surface area contributed by atoms with Crippen molar-refractivity contribution in [2.75, 3.05) is 0 Å². The number of allylic oxidation sites excluding steroid dienone is 1. The summed E-state index contributed by atoms with van der Waals surface area (Å²) in [5.41, 5.74) is 4.70. The third-order valence-electron chi connectivity index (χ3n) is 3.64. The lowest BCUT2D eigenvalue weighted by Crippen LogP contribution is -2.13. The van der Waals surface area contributed by atoms with Gasteiger partial charge in [-0.2, -0.15) is 0 Å². The molecule has 0 saturated carbocycles. The SMILES string of the molecule is C=CCC1CCc2cc(CCC)ccc2C1. The lowest BCUT2D eigenvalue weighted by Gasteiger charge is -2.24. The average Bonchev–Trinajstić information content (AvgIpc) is 2.30. The van der Waals surface area contributed by atoms with Gasteiger partial charge in [-0.15, -0.1) is 6.58 Å². The Balaban J connectivity index is 2.12. The number of hydrogen-bond donors (Lipinski definition) is 0. The molecule has 0 nitrogen and oxygen atoms in total. The van der Waals surface area contributed by atoms with Gasteiger partial charge >= 0.3 is 0 Å². The molecular formula is C16H22. The molecule has 0 radical (unpaired) electrons. The summed E-state index contributed by atoms with van der Waals surface area (Å²) in [6.07, 6.45) is 9.59. The minimum atomic E-state index is 0.835. The van der Waals surface area contributed by atoms with Crippen molar-refractivity contribution >= 4 is 0 Å². The molecule has 0 aliphatic heterocycles. The van der Waals surface area contributed by atoms with Crippen LogP contribution in [0.3, 0.4) is 0 Å². The first kappa shape index (κ1) is 11.4. The molecule has 1 atom stereocenters. The third kappa shape index (κ3) is 2.55. The van der Waals surface area contributed by atoms with Gasteiger partial charge in [0.15, 0.2) is 0 Å². The van der Waals surface area contributed by atoms with E-state index in [4.69, 9.17) is 0 Å². The monoisotopic (exact) mass is 214 g/mol. The van der Waals surface area contributed by atoms with Crippen molar-refractivity contribution in [3.05, 3.63) is 47.5 Å². The second-order valence-corrected chi connectivity index (χ2v) is 4.99. The summed E-state index contributed by atoms with van der Waals surface area (Å²) >= 11 is 0. The quantitative estimate of drug-likeness (QED) is 0.655. The van der Waals surface area contributed by atoms with Crippen molar-refractivity contribution in [2.45, 2.75) is 45.4 Å². The number of fused-ring (bicyclic) bond motifs is 1. The van der Waals surface area contributed by atoms with Crippen molar-refractivity contribution in [3.63, 3.8) is 0 Å². The van der Waals surface area contributed by atoms with Crippen molar-refractivity contribution in [1.82, 2.24) is 0 Å². The Morgan fingerprint density at radius 1 is 1.38 bits per heavy atom. The van der Waals surface area contributed by atoms with Crippen LogP contribution in [0.1, 0.15) is 42.9 Å². The van der Waals surface area contributed by atoms with E-state index in [0.717, 1.165) is 5.92 Å². The fraction of sp³-hybridized carbons (Fsp3) is 0.500. The number of hydrogen-bond acceptors (Lipinski definition) is 0. The molecule has 0 N–H and O–H groups in total. The second kappa shape index (κ2) is 5.34. The molecule has 1 aliphatic carbocycles. The predicted octanol–water partition coefficient (Wildman–Crippen LogP) is 4.32. The molecule has 1 aliphatic rings. The van der Waals surface area contributed by atoms with E-state index in [1.54, 1.807) is 11.1 Å². The summed E-state index contributed by atoms with van der Waals surface area (Å²) in [5.74, 6) is 0.835.